The molecule has 0 aliphatic carbocycles. The SMILES string of the molecule is Cc1ccc(-n2ncc3c(=O)n4c(nc32)SCC4CC(=O)NCCCN2CCOCC2)cc1. The van der Waals surface area contributed by atoms with Crippen molar-refractivity contribution in [2.45, 2.75) is 31.0 Å². The minimum Gasteiger partial charge on any atom is -0.379 e. The van der Waals surface area contributed by atoms with Gasteiger partial charge in [0.05, 0.1) is 31.1 Å². The normalized spacial score (nSPS) is 18.5. The Morgan fingerprint density at radius 3 is 2.82 bits per heavy atom. The van der Waals surface area contributed by atoms with Crippen molar-refractivity contribution in [3.8, 4) is 5.69 Å². The first-order valence-corrected chi connectivity index (χ1v) is 12.4. The van der Waals surface area contributed by atoms with E-state index in [4.69, 9.17) is 9.72 Å². The fourth-order valence-electron chi connectivity index (χ4n) is 4.30. The summed E-state index contributed by atoms with van der Waals surface area (Å²) < 4.78 is 8.73. The lowest BCUT2D eigenvalue weighted by Gasteiger charge is -2.26. The summed E-state index contributed by atoms with van der Waals surface area (Å²) in [6.07, 6.45) is 2.75. The molecule has 1 atom stereocenters. The van der Waals surface area contributed by atoms with Crippen LogP contribution in [-0.2, 0) is 9.53 Å². The van der Waals surface area contributed by atoms with Gasteiger partial charge >= 0.3 is 0 Å². The van der Waals surface area contributed by atoms with Crippen molar-refractivity contribution < 1.29 is 9.53 Å². The van der Waals surface area contributed by atoms with Gasteiger partial charge in [-0.15, -0.1) is 0 Å². The molecule has 1 unspecified atom stereocenters. The van der Waals surface area contributed by atoms with Gasteiger partial charge in [-0.2, -0.15) is 5.10 Å². The van der Waals surface area contributed by atoms with Crippen LogP contribution >= 0.6 is 11.8 Å². The highest BCUT2D eigenvalue weighted by Gasteiger charge is 2.29. The summed E-state index contributed by atoms with van der Waals surface area (Å²) in [4.78, 5) is 32.9. The molecule has 4 heterocycles. The molecule has 0 saturated carbocycles. The second-order valence-corrected chi connectivity index (χ2v) is 9.51. The molecule has 1 saturated heterocycles. The number of fused-ring (bicyclic) bond motifs is 2. The van der Waals surface area contributed by atoms with Crippen LogP contribution in [0.1, 0.15) is 24.4 Å². The first kappa shape index (κ1) is 22.1. The zero-order valence-electron chi connectivity index (χ0n) is 18.7. The minimum absolute atomic E-state index is 0.0298. The van der Waals surface area contributed by atoms with Gasteiger partial charge in [0.15, 0.2) is 10.8 Å². The number of morpholine rings is 1. The third-order valence-corrected chi connectivity index (χ3v) is 7.24. The van der Waals surface area contributed by atoms with Crippen molar-refractivity contribution in [3.05, 3.63) is 46.4 Å². The van der Waals surface area contributed by atoms with Crippen molar-refractivity contribution in [2.24, 2.45) is 0 Å². The summed E-state index contributed by atoms with van der Waals surface area (Å²) in [6, 6.07) is 7.75. The molecule has 0 radical (unpaired) electrons. The van der Waals surface area contributed by atoms with E-state index in [9.17, 15) is 9.59 Å². The summed E-state index contributed by atoms with van der Waals surface area (Å²) >= 11 is 1.52. The first-order chi connectivity index (χ1) is 16.1. The van der Waals surface area contributed by atoms with Crippen LogP contribution in [0.4, 0.5) is 0 Å². The molecule has 3 aromatic rings. The maximum atomic E-state index is 13.3. The topological polar surface area (TPSA) is 94.3 Å². The Kier molecular flexibility index (Phi) is 6.48. The van der Waals surface area contributed by atoms with Crippen LogP contribution in [-0.4, -0.2) is 75.3 Å². The molecule has 2 aromatic heterocycles. The number of aryl methyl sites for hydroxylation is 1. The Labute approximate surface area is 196 Å². The molecular weight excluding hydrogens is 440 g/mol. The Balaban J connectivity index is 1.25. The molecular formula is C23H28N6O3S. The van der Waals surface area contributed by atoms with Gasteiger partial charge < -0.3 is 10.1 Å². The number of carbonyl (C=O) groups is 1. The van der Waals surface area contributed by atoms with Gasteiger partial charge in [0.25, 0.3) is 5.56 Å². The van der Waals surface area contributed by atoms with E-state index < -0.39 is 0 Å². The second-order valence-electron chi connectivity index (χ2n) is 8.53. The molecule has 1 fully saturated rings. The number of nitrogens with one attached hydrogen (secondary N) is 1. The number of ether oxygens (including phenoxy) is 1. The number of carbonyl (C=O) groups excluding carboxylic acids is 1. The van der Waals surface area contributed by atoms with Crippen LogP contribution in [0.25, 0.3) is 16.7 Å². The molecule has 0 bridgehead atoms. The Morgan fingerprint density at radius 2 is 2.03 bits per heavy atom. The molecule has 2 aliphatic heterocycles. The predicted octanol–water partition coefficient (Wildman–Crippen LogP) is 1.77. The maximum absolute atomic E-state index is 13.3. The Bertz CT molecular complexity index is 1200. The van der Waals surface area contributed by atoms with Gasteiger partial charge in [-0.1, -0.05) is 29.5 Å². The molecule has 1 N–H and O–H groups in total. The number of amides is 1. The lowest BCUT2D eigenvalue weighted by atomic mass is 10.2. The van der Waals surface area contributed by atoms with E-state index in [1.165, 1.54) is 11.8 Å². The van der Waals surface area contributed by atoms with Crippen molar-refractivity contribution in [1.29, 1.82) is 0 Å². The Morgan fingerprint density at radius 1 is 1.24 bits per heavy atom. The lowest BCUT2D eigenvalue weighted by molar-refractivity contribution is -0.121. The average molecular weight is 469 g/mol. The third-order valence-electron chi connectivity index (χ3n) is 6.15. The van der Waals surface area contributed by atoms with Crippen LogP contribution in [0, 0.1) is 6.92 Å². The summed E-state index contributed by atoms with van der Waals surface area (Å²) in [7, 11) is 0. The Hall–Kier alpha value is -2.69. The molecule has 174 valence electrons. The number of thioether (sulfide) groups is 1. The maximum Gasteiger partial charge on any atom is 0.265 e. The summed E-state index contributed by atoms with van der Waals surface area (Å²) in [6.45, 7) is 7.09. The fourth-order valence-corrected chi connectivity index (χ4v) is 5.43. The number of hydrogen-bond donors (Lipinski definition) is 1. The van der Waals surface area contributed by atoms with Crippen LogP contribution in [0.15, 0.2) is 40.4 Å². The summed E-state index contributed by atoms with van der Waals surface area (Å²) in [5.41, 5.74) is 2.43. The molecule has 1 amide bonds. The van der Waals surface area contributed by atoms with Crippen molar-refractivity contribution in [1.82, 2.24) is 29.5 Å². The summed E-state index contributed by atoms with van der Waals surface area (Å²) in [5.74, 6) is 0.631. The quantitative estimate of drug-likeness (QED) is 0.417. The molecule has 2 aliphatic rings. The van der Waals surface area contributed by atoms with E-state index in [-0.39, 0.29) is 23.9 Å². The fraction of sp³-hybridized carbons (Fsp3) is 0.478. The van der Waals surface area contributed by atoms with Crippen LogP contribution in [0.3, 0.4) is 0 Å². The van der Waals surface area contributed by atoms with E-state index >= 15 is 0 Å². The summed E-state index contributed by atoms with van der Waals surface area (Å²) in [5, 5.41) is 8.53. The van der Waals surface area contributed by atoms with Crippen LogP contribution in [0.5, 0.6) is 0 Å². The highest BCUT2D eigenvalue weighted by molar-refractivity contribution is 7.99. The largest absolute Gasteiger partial charge is 0.379 e. The van der Waals surface area contributed by atoms with Crippen molar-refractivity contribution >= 4 is 28.7 Å². The van der Waals surface area contributed by atoms with E-state index in [1.807, 2.05) is 31.2 Å². The highest BCUT2D eigenvalue weighted by atomic mass is 32.2. The zero-order chi connectivity index (χ0) is 22.8. The minimum atomic E-state index is -0.198. The zero-order valence-corrected chi connectivity index (χ0v) is 19.5. The number of benzene rings is 1. The van der Waals surface area contributed by atoms with Gasteiger partial charge in [-0.25, -0.2) is 9.67 Å². The van der Waals surface area contributed by atoms with Crippen LogP contribution < -0.4 is 10.9 Å². The van der Waals surface area contributed by atoms with Crippen LogP contribution in [0.2, 0.25) is 0 Å². The molecule has 33 heavy (non-hydrogen) atoms. The number of aromatic nitrogens is 4. The predicted molar refractivity (Wildman–Crippen MR) is 127 cm³/mol. The first-order valence-electron chi connectivity index (χ1n) is 11.4. The van der Waals surface area contributed by atoms with Gasteiger partial charge in [0, 0.05) is 31.8 Å². The third kappa shape index (κ3) is 4.68. The second kappa shape index (κ2) is 9.66. The van der Waals surface area contributed by atoms with Gasteiger partial charge in [-0.05, 0) is 32.0 Å². The van der Waals surface area contributed by atoms with E-state index in [0.717, 1.165) is 50.5 Å². The van der Waals surface area contributed by atoms with Gasteiger partial charge in [0.2, 0.25) is 5.91 Å². The number of rotatable bonds is 7. The highest BCUT2D eigenvalue weighted by Crippen LogP contribution is 2.33. The van der Waals surface area contributed by atoms with E-state index in [0.29, 0.717) is 28.5 Å². The molecule has 10 heteroatoms. The van der Waals surface area contributed by atoms with Crippen molar-refractivity contribution in [2.75, 3.05) is 45.1 Å². The van der Waals surface area contributed by atoms with Crippen molar-refractivity contribution in [3.63, 3.8) is 0 Å². The molecule has 1 aromatic carbocycles. The van der Waals surface area contributed by atoms with E-state index in [1.54, 1.807) is 15.4 Å². The average Bonchev–Trinajstić information content (AvgIpc) is 3.43. The van der Waals surface area contributed by atoms with Gasteiger partial charge in [0.1, 0.15) is 5.39 Å². The van der Waals surface area contributed by atoms with Gasteiger partial charge in [-0.3, -0.25) is 19.1 Å². The van der Waals surface area contributed by atoms with E-state index in [2.05, 4.69) is 15.3 Å². The molecule has 5 rings (SSSR count). The number of hydrogen-bond acceptors (Lipinski definition) is 7. The number of nitrogens with zero attached hydrogens (tertiary/aromatic N) is 5. The standard InChI is InChI=1S/C23H28N6O3S/c1-16-3-5-17(6-4-16)29-21-19(14-25-29)22(31)28-18(15-33-23(28)26-21)13-20(30)24-7-2-8-27-9-11-32-12-10-27/h3-6,14,18H,2,7-13,15H2,1H3,(H,24,30). The molecule has 9 nitrogen and oxygen atoms in total. The lowest BCUT2D eigenvalue weighted by Crippen LogP contribution is -2.38. The smallest absolute Gasteiger partial charge is 0.265 e. The monoisotopic (exact) mass is 468 g/mol. The molecule has 0 spiro atoms.